The molecular formula is C13H21Cl2N3. The van der Waals surface area contributed by atoms with Crippen molar-refractivity contribution in [1.29, 1.82) is 0 Å². The van der Waals surface area contributed by atoms with E-state index in [0.29, 0.717) is 6.04 Å². The zero-order chi connectivity index (χ0) is 10.8. The lowest BCUT2D eigenvalue weighted by atomic mass is 10.1. The highest BCUT2D eigenvalue weighted by atomic mass is 35.5. The zero-order valence-electron chi connectivity index (χ0n) is 10.4. The van der Waals surface area contributed by atoms with Gasteiger partial charge in [-0.1, -0.05) is 6.07 Å². The van der Waals surface area contributed by atoms with E-state index < -0.39 is 0 Å². The SMILES string of the molecule is Cl.Cl.c1ccc([C@H](C2CC2)N2CCNCC2)nc1. The molecule has 0 aromatic carbocycles. The van der Waals surface area contributed by atoms with Crippen LogP contribution in [0.2, 0.25) is 0 Å². The van der Waals surface area contributed by atoms with Gasteiger partial charge in [-0.05, 0) is 30.9 Å². The van der Waals surface area contributed by atoms with Crippen LogP contribution in [0.25, 0.3) is 0 Å². The van der Waals surface area contributed by atoms with Gasteiger partial charge in [0.25, 0.3) is 0 Å². The highest BCUT2D eigenvalue weighted by Crippen LogP contribution is 2.43. The lowest BCUT2D eigenvalue weighted by Gasteiger charge is -2.34. The van der Waals surface area contributed by atoms with Crippen molar-refractivity contribution in [3.63, 3.8) is 0 Å². The number of rotatable bonds is 3. The van der Waals surface area contributed by atoms with Crippen LogP contribution in [0.4, 0.5) is 0 Å². The minimum atomic E-state index is 0. The van der Waals surface area contributed by atoms with Crippen LogP contribution in [0.15, 0.2) is 24.4 Å². The largest absolute Gasteiger partial charge is 0.314 e. The maximum atomic E-state index is 4.55. The quantitative estimate of drug-likeness (QED) is 0.925. The summed E-state index contributed by atoms with van der Waals surface area (Å²) in [4.78, 5) is 7.16. The summed E-state index contributed by atoms with van der Waals surface area (Å²) >= 11 is 0. The fourth-order valence-corrected chi connectivity index (χ4v) is 2.65. The van der Waals surface area contributed by atoms with Crippen LogP contribution >= 0.6 is 24.8 Å². The van der Waals surface area contributed by atoms with E-state index in [1.165, 1.54) is 18.5 Å². The molecule has 102 valence electrons. The molecule has 1 aliphatic heterocycles. The van der Waals surface area contributed by atoms with E-state index in [4.69, 9.17) is 0 Å². The number of piperazine rings is 1. The Morgan fingerprint density at radius 1 is 1.17 bits per heavy atom. The molecule has 0 unspecified atom stereocenters. The molecule has 3 rings (SSSR count). The topological polar surface area (TPSA) is 28.2 Å². The van der Waals surface area contributed by atoms with Gasteiger partial charge >= 0.3 is 0 Å². The van der Waals surface area contributed by atoms with E-state index in [1.54, 1.807) is 0 Å². The molecule has 2 fully saturated rings. The maximum Gasteiger partial charge on any atom is 0.0578 e. The zero-order valence-corrected chi connectivity index (χ0v) is 12.1. The van der Waals surface area contributed by atoms with Crippen molar-refractivity contribution in [1.82, 2.24) is 15.2 Å². The molecule has 1 aromatic rings. The summed E-state index contributed by atoms with van der Waals surface area (Å²) in [5, 5.41) is 3.42. The Hall–Kier alpha value is -0.350. The van der Waals surface area contributed by atoms with Crippen molar-refractivity contribution in [2.75, 3.05) is 26.2 Å². The molecule has 1 atom stereocenters. The monoisotopic (exact) mass is 289 g/mol. The Morgan fingerprint density at radius 2 is 1.89 bits per heavy atom. The Kier molecular flexibility index (Phi) is 6.36. The third kappa shape index (κ3) is 3.58. The number of hydrogen-bond donors (Lipinski definition) is 1. The van der Waals surface area contributed by atoms with E-state index in [-0.39, 0.29) is 24.8 Å². The molecule has 1 saturated carbocycles. The molecule has 0 radical (unpaired) electrons. The number of nitrogens with one attached hydrogen (secondary N) is 1. The van der Waals surface area contributed by atoms with Crippen molar-refractivity contribution < 1.29 is 0 Å². The minimum absolute atomic E-state index is 0. The van der Waals surface area contributed by atoms with Gasteiger partial charge in [-0.3, -0.25) is 9.88 Å². The van der Waals surface area contributed by atoms with Crippen molar-refractivity contribution >= 4 is 24.8 Å². The van der Waals surface area contributed by atoms with E-state index >= 15 is 0 Å². The summed E-state index contributed by atoms with van der Waals surface area (Å²) in [6.45, 7) is 4.57. The van der Waals surface area contributed by atoms with Gasteiger partial charge in [-0.2, -0.15) is 0 Å². The second-order valence-electron chi connectivity index (χ2n) is 4.82. The lowest BCUT2D eigenvalue weighted by molar-refractivity contribution is 0.153. The van der Waals surface area contributed by atoms with Crippen LogP contribution in [0, 0.1) is 5.92 Å². The number of aromatic nitrogens is 1. The Balaban J connectivity index is 0.000000810. The Bertz CT molecular complexity index is 337. The van der Waals surface area contributed by atoms with Gasteiger partial charge < -0.3 is 5.32 Å². The molecule has 0 bridgehead atoms. The fourth-order valence-electron chi connectivity index (χ4n) is 2.65. The van der Waals surface area contributed by atoms with E-state index in [1.807, 2.05) is 12.3 Å². The second kappa shape index (κ2) is 7.29. The molecule has 2 heterocycles. The van der Waals surface area contributed by atoms with E-state index in [2.05, 4.69) is 27.3 Å². The summed E-state index contributed by atoms with van der Waals surface area (Å²) in [5.41, 5.74) is 1.27. The van der Waals surface area contributed by atoms with Gasteiger partial charge in [0.15, 0.2) is 0 Å². The molecule has 18 heavy (non-hydrogen) atoms. The normalized spacial score (nSPS) is 21.6. The highest BCUT2D eigenvalue weighted by molar-refractivity contribution is 5.85. The first kappa shape index (κ1) is 15.7. The van der Waals surface area contributed by atoms with Crippen LogP contribution in [0.1, 0.15) is 24.6 Å². The number of pyridine rings is 1. The van der Waals surface area contributed by atoms with Gasteiger partial charge in [-0.25, -0.2) is 0 Å². The summed E-state index contributed by atoms with van der Waals surface area (Å²) in [7, 11) is 0. The van der Waals surface area contributed by atoms with Gasteiger partial charge in [-0.15, -0.1) is 24.8 Å². The Morgan fingerprint density at radius 3 is 2.44 bits per heavy atom. The number of hydrogen-bond acceptors (Lipinski definition) is 3. The first-order valence-corrected chi connectivity index (χ1v) is 6.31. The number of nitrogens with zero attached hydrogens (tertiary/aromatic N) is 2. The Labute approximate surface area is 121 Å². The van der Waals surface area contributed by atoms with Crippen LogP contribution in [-0.2, 0) is 0 Å². The molecule has 1 aromatic heterocycles. The third-order valence-corrected chi connectivity index (χ3v) is 3.60. The van der Waals surface area contributed by atoms with Crippen LogP contribution < -0.4 is 5.32 Å². The fraction of sp³-hybridized carbons (Fsp3) is 0.615. The molecule has 1 N–H and O–H groups in total. The summed E-state index contributed by atoms with van der Waals surface area (Å²) in [6, 6.07) is 6.87. The van der Waals surface area contributed by atoms with Crippen molar-refractivity contribution in [2.45, 2.75) is 18.9 Å². The summed E-state index contributed by atoms with van der Waals surface area (Å²) < 4.78 is 0. The molecule has 5 heteroatoms. The predicted molar refractivity (Wildman–Crippen MR) is 78.6 cm³/mol. The van der Waals surface area contributed by atoms with Gasteiger partial charge in [0.05, 0.1) is 11.7 Å². The molecule has 1 aliphatic carbocycles. The van der Waals surface area contributed by atoms with Crippen molar-refractivity contribution in [3.05, 3.63) is 30.1 Å². The standard InChI is InChI=1S/C13H19N3.2ClH/c1-2-6-15-12(3-1)13(11-4-5-11)16-9-7-14-8-10-16;;/h1-3,6,11,13-14H,4-5,7-10H2;2*1H/t13-;;/m0../s1. The average molecular weight is 290 g/mol. The molecule has 0 amide bonds. The summed E-state index contributed by atoms with van der Waals surface area (Å²) in [5.74, 6) is 0.855. The smallest absolute Gasteiger partial charge is 0.0578 e. The van der Waals surface area contributed by atoms with Gasteiger partial charge in [0, 0.05) is 32.4 Å². The maximum absolute atomic E-state index is 4.55. The lowest BCUT2D eigenvalue weighted by Crippen LogP contribution is -2.45. The average Bonchev–Trinajstić information content (AvgIpc) is 3.17. The first-order chi connectivity index (χ1) is 7.95. The first-order valence-electron chi connectivity index (χ1n) is 6.31. The molecule has 3 nitrogen and oxygen atoms in total. The summed E-state index contributed by atoms with van der Waals surface area (Å²) in [6.07, 6.45) is 4.68. The number of halogens is 2. The molecule has 0 spiro atoms. The van der Waals surface area contributed by atoms with Crippen molar-refractivity contribution in [3.8, 4) is 0 Å². The highest BCUT2D eigenvalue weighted by Gasteiger charge is 2.37. The predicted octanol–water partition coefficient (Wildman–Crippen LogP) is 2.28. The van der Waals surface area contributed by atoms with E-state index in [9.17, 15) is 0 Å². The van der Waals surface area contributed by atoms with Crippen LogP contribution in [0.3, 0.4) is 0 Å². The molecular weight excluding hydrogens is 269 g/mol. The molecule has 1 saturated heterocycles. The van der Waals surface area contributed by atoms with Crippen LogP contribution in [0.5, 0.6) is 0 Å². The third-order valence-electron chi connectivity index (χ3n) is 3.60. The van der Waals surface area contributed by atoms with Gasteiger partial charge in [0.2, 0.25) is 0 Å². The van der Waals surface area contributed by atoms with Gasteiger partial charge in [0.1, 0.15) is 0 Å². The minimum Gasteiger partial charge on any atom is -0.314 e. The van der Waals surface area contributed by atoms with Crippen molar-refractivity contribution in [2.24, 2.45) is 5.92 Å². The van der Waals surface area contributed by atoms with Crippen LogP contribution in [-0.4, -0.2) is 36.1 Å². The van der Waals surface area contributed by atoms with E-state index in [0.717, 1.165) is 32.1 Å². The second-order valence-corrected chi connectivity index (χ2v) is 4.82. The molecule has 2 aliphatic rings.